The number of nitrogens with zero attached hydrogens (tertiary/aromatic N) is 2. The summed E-state index contributed by atoms with van der Waals surface area (Å²) in [6.07, 6.45) is 2.38. The molecule has 0 atom stereocenters. The zero-order valence-electron chi connectivity index (χ0n) is 17.0. The number of carbonyl (C=O) groups excluding carboxylic acids is 1. The Hall–Kier alpha value is -4.13. The number of fused-ring (bicyclic) bond motifs is 1. The lowest BCUT2D eigenvalue weighted by molar-refractivity contribution is 0.0950. The molecule has 7 nitrogen and oxygen atoms in total. The summed E-state index contributed by atoms with van der Waals surface area (Å²) in [7, 11) is 0. The summed E-state index contributed by atoms with van der Waals surface area (Å²) in [4.78, 5) is 12.4. The van der Waals surface area contributed by atoms with Gasteiger partial charge < -0.3 is 9.84 Å². The number of ether oxygens (including phenoxy) is 1. The number of phenolic OH excluding ortho intramolecular Hbond substituents is 1. The maximum atomic E-state index is 12.4. The third kappa shape index (κ3) is 4.56. The number of H-pyrrole nitrogens is 1. The van der Waals surface area contributed by atoms with Crippen molar-refractivity contribution in [3.63, 3.8) is 0 Å². The topological polar surface area (TPSA) is 99.6 Å². The van der Waals surface area contributed by atoms with Crippen LogP contribution in [-0.2, 0) is 0 Å². The first-order chi connectivity index (χ1) is 15.2. The number of aromatic hydroxyl groups is 1. The third-order valence-corrected chi connectivity index (χ3v) is 4.75. The SMILES string of the molecule is CCCOc1ccc(-c2cc(C(=O)N/N=C/c3c(O)ccc4ccccc34)[nH]n2)cc1. The fraction of sp³-hybridized carbons (Fsp3) is 0.125. The van der Waals surface area contributed by atoms with Crippen LogP contribution in [0.4, 0.5) is 0 Å². The van der Waals surface area contributed by atoms with Gasteiger partial charge in [-0.3, -0.25) is 9.89 Å². The molecule has 0 bridgehead atoms. The van der Waals surface area contributed by atoms with Gasteiger partial charge >= 0.3 is 0 Å². The van der Waals surface area contributed by atoms with Crippen LogP contribution in [0.3, 0.4) is 0 Å². The normalized spacial score (nSPS) is 11.1. The standard InChI is InChI=1S/C24H22N4O3/c1-2-13-31-18-10-7-17(8-11-18)21-14-22(27-26-21)24(30)28-25-15-20-19-6-4-3-5-16(19)9-12-23(20)29/h3-12,14-15,29H,2,13H2,1H3,(H,26,27)(H,28,30)/b25-15+. The molecule has 4 rings (SSSR count). The van der Waals surface area contributed by atoms with Gasteiger partial charge in [0.2, 0.25) is 0 Å². The number of aromatic amines is 1. The zero-order valence-corrected chi connectivity index (χ0v) is 17.0. The molecule has 1 amide bonds. The summed E-state index contributed by atoms with van der Waals surface area (Å²) >= 11 is 0. The average Bonchev–Trinajstić information content (AvgIpc) is 3.30. The fourth-order valence-corrected chi connectivity index (χ4v) is 3.16. The molecule has 1 aromatic heterocycles. The minimum Gasteiger partial charge on any atom is -0.507 e. The highest BCUT2D eigenvalue weighted by molar-refractivity contribution is 6.03. The number of phenols is 1. The molecule has 0 unspecified atom stereocenters. The number of rotatable bonds is 7. The molecule has 0 radical (unpaired) electrons. The van der Waals surface area contributed by atoms with Crippen LogP contribution in [0, 0.1) is 0 Å². The second-order valence-corrected chi connectivity index (χ2v) is 6.96. The predicted octanol–water partition coefficient (Wildman–Crippen LogP) is 4.49. The van der Waals surface area contributed by atoms with Crippen molar-refractivity contribution in [2.75, 3.05) is 6.61 Å². The summed E-state index contributed by atoms with van der Waals surface area (Å²) in [5.74, 6) is 0.453. The molecule has 0 saturated carbocycles. The van der Waals surface area contributed by atoms with Gasteiger partial charge in [0.1, 0.15) is 17.2 Å². The van der Waals surface area contributed by atoms with Gasteiger partial charge in [-0.05, 0) is 53.6 Å². The highest BCUT2D eigenvalue weighted by atomic mass is 16.5. The molecule has 4 aromatic rings. The molecular formula is C24H22N4O3. The number of benzene rings is 3. The third-order valence-electron chi connectivity index (χ3n) is 4.75. The van der Waals surface area contributed by atoms with Crippen molar-refractivity contribution in [2.45, 2.75) is 13.3 Å². The van der Waals surface area contributed by atoms with E-state index in [1.54, 1.807) is 12.1 Å². The van der Waals surface area contributed by atoms with Gasteiger partial charge in [0.25, 0.3) is 5.91 Å². The number of nitrogens with one attached hydrogen (secondary N) is 2. The van der Waals surface area contributed by atoms with E-state index in [0.29, 0.717) is 17.9 Å². The Labute approximate surface area is 179 Å². The summed E-state index contributed by atoms with van der Waals surface area (Å²) in [6, 6.07) is 20.3. The lowest BCUT2D eigenvalue weighted by Gasteiger charge is -2.04. The van der Waals surface area contributed by atoms with E-state index >= 15 is 0 Å². The van der Waals surface area contributed by atoms with Crippen molar-refractivity contribution in [3.05, 3.63) is 78.0 Å². The first-order valence-electron chi connectivity index (χ1n) is 9.98. The zero-order chi connectivity index (χ0) is 21.6. The average molecular weight is 414 g/mol. The summed E-state index contributed by atoms with van der Waals surface area (Å²) in [5.41, 5.74) is 4.78. The van der Waals surface area contributed by atoms with Gasteiger partial charge in [0, 0.05) is 11.1 Å². The highest BCUT2D eigenvalue weighted by Crippen LogP contribution is 2.25. The molecule has 7 heteroatoms. The Morgan fingerprint density at radius 1 is 1.16 bits per heavy atom. The number of hydrazone groups is 1. The van der Waals surface area contributed by atoms with E-state index in [-0.39, 0.29) is 11.4 Å². The van der Waals surface area contributed by atoms with Crippen LogP contribution in [0.15, 0.2) is 71.8 Å². The Kier molecular flexibility index (Phi) is 5.93. The van der Waals surface area contributed by atoms with E-state index in [0.717, 1.165) is 28.5 Å². The second kappa shape index (κ2) is 9.13. The van der Waals surface area contributed by atoms with Crippen molar-refractivity contribution >= 4 is 22.9 Å². The fourth-order valence-electron chi connectivity index (χ4n) is 3.16. The van der Waals surface area contributed by atoms with Crippen LogP contribution in [0.5, 0.6) is 11.5 Å². The Bertz CT molecular complexity index is 1230. The maximum Gasteiger partial charge on any atom is 0.289 e. The first kappa shape index (κ1) is 20.2. The lowest BCUT2D eigenvalue weighted by Crippen LogP contribution is -2.18. The molecule has 3 N–H and O–H groups in total. The predicted molar refractivity (Wildman–Crippen MR) is 120 cm³/mol. The van der Waals surface area contributed by atoms with Crippen LogP contribution in [0.1, 0.15) is 29.4 Å². The molecule has 0 aliphatic rings. The van der Waals surface area contributed by atoms with Crippen LogP contribution >= 0.6 is 0 Å². The van der Waals surface area contributed by atoms with E-state index in [9.17, 15) is 9.90 Å². The molecule has 31 heavy (non-hydrogen) atoms. The number of hydrogen-bond acceptors (Lipinski definition) is 5. The molecule has 156 valence electrons. The maximum absolute atomic E-state index is 12.4. The molecule has 0 fully saturated rings. The lowest BCUT2D eigenvalue weighted by atomic mass is 10.0. The van der Waals surface area contributed by atoms with E-state index in [4.69, 9.17) is 4.74 Å². The van der Waals surface area contributed by atoms with E-state index < -0.39 is 5.91 Å². The van der Waals surface area contributed by atoms with E-state index in [1.807, 2.05) is 54.6 Å². The Morgan fingerprint density at radius 3 is 2.77 bits per heavy atom. The van der Waals surface area contributed by atoms with Crippen LogP contribution in [0.25, 0.3) is 22.0 Å². The number of amides is 1. The summed E-state index contributed by atoms with van der Waals surface area (Å²) in [5, 5.41) is 22.9. The quantitative estimate of drug-likeness (QED) is 0.306. The minimum atomic E-state index is -0.433. The largest absolute Gasteiger partial charge is 0.507 e. The molecule has 1 heterocycles. The van der Waals surface area contributed by atoms with Gasteiger partial charge in [0.15, 0.2) is 0 Å². The highest BCUT2D eigenvalue weighted by Gasteiger charge is 2.11. The van der Waals surface area contributed by atoms with Crippen LogP contribution in [-0.4, -0.2) is 34.0 Å². The molecule has 0 aliphatic carbocycles. The van der Waals surface area contributed by atoms with Crippen molar-refractivity contribution in [1.82, 2.24) is 15.6 Å². The van der Waals surface area contributed by atoms with E-state index in [2.05, 4.69) is 27.6 Å². The van der Waals surface area contributed by atoms with Gasteiger partial charge in [-0.25, -0.2) is 5.43 Å². The first-order valence-corrected chi connectivity index (χ1v) is 9.98. The van der Waals surface area contributed by atoms with Crippen LogP contribution < -0.4 is 10.2 Å². The van der Waals surface area contributed by atoms with Crippen molar-refractivity contribution in [1.29, 1.82) is 0 Å². The molecule has 3 aromatic carbocycles. The van der Waals surface area contributed by atoms with Crippen molar-refractivity contribution in [3.8, 4) is 22.8 Å². The smallest absolute Gasteiger partial charge is 0.289 e. The second-order valence-electron chi connectivity index (χ2n) is 6.96. The van der Waals surface area contributed by atoms with Crippen molar-refractivity contribution in [2.24, 2.45) is 5.10 Å². The summed E-state index contributed by atoms with van der Waals surface area (Å²) < 4.78 is 5.58. The molecule has 0 spiro atoms. The van der Waals surface area contributed by atoms with Gasteiger partial charge in [-0.1, -0.05) is 37.3 Å². The van der Waals surface area contributed by atoms with E-state index in [1.165, 1.54) is 6.21 Å². The molecule has 0 saturated heterocycles. The van der Waals surface area contributed by atoms with Gasteiger partial charge in [-0.2, -0.15) is 10.2 Å². The minimum absolute atomic E-state index is 0.0897. The van der Waals surface area contributed by atoms with Crippen molar-refractivity contribution < 1.29 is 14.6 Å². The monoisotopic (exact) mass is 414 g/mol. The molecule has 0 aliphatic heterocycles. The van der Waals surface area contributed by atoms with Gasteiger partial charge in [-0.15, -0.1) is 0 Å². The molecular weight excluding hydrogens is 392 g/mol. The number of carbonyl (C=O) groups is 1. The van der Waals surface area contributed by atoms with Crippen LogP contribution in [0.2, 0.25) is 0 Å². The number of aromatic nitrogens is 2. The number of hydrogen-bond donors (Lipinski definition) is 3. The Balaban J connectivity index is 1.45. The summed E-state index contributed by atoms with van der Waals surface area (Å²) in [6.45, 7) is 2.72. The Morgan fingerprint density at radius 2 is 1.97 bits per heavy atom. The van der Waals surface area contributed by atoms with Gasteiger partial charge in [0.05, 0.1) is 18.5 Å².